The summed E-state index contributed by atoms with van der Waals surface area (Å²) in [6.45, 7) is 0. The van der Waals surface area contributed by atoms with E-state index < -0.39 is 5.79 Å². The maximum atomic E-state index is 13.9. The minimum Gasteiger partial charge on any atom is -0.497 e. The quantitative estimate of drug-likeness (QED) is 0.256. The van der Waals surface area contributed by atoms with Crippen LogP contribution in [0.2, 0.25) is 0 Å². The van der Waals surface area contributed by atoms with Gasteiger partial charge in [-0.3, -0.25) is 9.59 Å². The van der Waals surface area contributed by atoms with Crippen molar-refractivity contribution in [3.63, 3.8) is 0 Å². The number of aliphatic hydroxyl groups is 1. The molecule has 0 saturated heterocycles. The molecule has 0 spiro atoms. The number of Topliss-reactive ketones (excluding diaryl/α,β-unsaturated/α-hetero) is 1. The summed E-state index contributed by atoms with van der Waals surface area (Å²) >= 11 is 0. The number of ketones is 2. The molecule has 0 amide bonds. The SMILES string of the molecule is COc1ccc(C(=O)/C=C2\C(C(=O)c3ccccc3)=C(c3ccccc3)OC2(O)c2ccccc2)cc1. The number of ether oxygens (including phenoxy) is 2. The number of hydrogen-bond acceptors (Lipinski definition) is 5. The molecule has 4 aromatic rings. The molecule has 1 aliphatic heterocycles. The Morgan fingerprint density at radius 2 is 1.32 bits per heavy atom. The van der Waals surface area contributed by atoms with Crippen molar-refractivity contribution in [3.05, 3.63) is 155 Å². The molecule has 0 aromatic heterocycles. The molecule has 1 unspecified atom stereocenters. The number of carbonyl (C=O) groups is 2. The lowest BCUT2D eigenvalue weighted by Crippen LogP contribution is -2.29. The highest BCUT2D eigenvalue weighted by molar-refractivity contribution is 6.18. The molecule has 5 rings (SSSR count). The van der Waals surface area contributed by atoms with Crippen molar-refractivity contribution in [2.24, 2.45) is 0 Å². The van der Waals surface area contributed by atoms with Crippen LogP contribution in [0.15, 0.2) is 132 Å². The number of carbonyl (C=O) groups excluding carboxylic acids is 2. The molecule has 1 heterocycles. The zero-order valence-corrected chi connectivity index (χ0v) is 20.1. The molecule has 5 nitrogen and oxygen atoms in total. The molecule has 0 radical (unpaired) electrons. The maximum absolute atomic E-state index is 13.9. The van der Waals surface area contributed by atoms with Gasteiger partial charge in [-0.1, -0.05) is 91.0 Å². The Labute approximate surface area is 214 Å². The lowest BCUT2D eigenvalue weighted by atomic mass is 9.87. The van der Waals surface area contributed by atoms with Crippen molar-refractivity contribution < 1.29 is 24.2 Å². The zero-order valence-electron chi connectivity index (χ0n) is 20.1. The van der Waals surface area contributed by atoms with E-state index in [1.54, 1.807) is 92.0 Å². The molecule has 182 valence electrons. The molecule has 1 atom stereocenters. The van der Waals surface area contributed by atoms with E-state index in [2.05, 4.69) is 0 Å². The third kappa shape index (κ3) is 4.60. The van der Waals surface area contributed by atoms with Crippen LogP contribution in [0.25, 0.3) is 5.76 Å². The highest BCUT2D eigenvalue weighted by Gasteiger charge is 2.48. The first-order valence-corrected chi connectivity index (χ1v) is 11.8. The number of benzene rings is 4. The monoisotopic (exact) mass is 488 g/mol. The van der Waals surface area contributed by atoms with Crippen molar-refractivity contribution >= 4 is 17.3 Å². The predicted octanol–water partition coefficient (Wildman–Crippen LogP) is 5.97. The van der Waals surface area contributed by atoms with Crippen LogP contribution in [0, 0.1) is 0 Å². The van der Waals surface area contributed by atoms with Crippen molar-refractivity contribution in [1.82, 2.24) is 0 Å². The normalized spacial score (nSPS) is 17.9. The highest BCUT2D eigenvalue weighted by Crippen LogP contribution is 2.48. The van der Waals surface area contributed by atoms with Gasteiger partial charge in [0, 0.05) is 27.8 Å². The van der Waals surface area contributed by atoms with Gasteiger partial charge in [0.2, 0.25) is 0 Å². The minimum absolute atomic E-state index is 0.0761. The molecular weight excluding hydrogens is 464 g/mol. The van der Waals surface area contributed by atoms with Crippen LogP contribution in [0.1, 0.15) is 31.8 Å². The van der Waals surface area contributed by atoms with Crippen LogP contribution in [0.3, 0.4) is 0 Å². The van der Waals surface area contributed by atoms with Gasteiger partial charge in [-0.25, -0.2) is 0 Å². The first-order chi connectivity index (χ1) is 18.0. The molecule has 37 heavy (non-hydrogen) atoms. The van der Waals surface area contributed by atoms with Gasteiger partial charge < -0.3 is 14.6 Å². The van der Waals surface area contributed by atoms with Gasteiger partial charge in [0.1, 0.15) is 11.5 Å². The first-order valence-electron chi connectivity index (χ1n) is 11.8. The van der Waals surface area contributed by atoms with Crippen LogP contribution >= 0.6 is 0 Å². The summed E-state index contributed by atoms with van der Waals surface area (Å²) in [6, 6.07) is 33.2. The Kier molecular flexibility index (Phi) is 6.54. The van der Waals surface area contributed by atoms with Crippen LogP contribution in [0.5, 0.6) is 5.75 Å². The summed E-state index contributed by atoms with van der Waals surface area (Å²) in [5.74, 6) is -1.99. The molecule has 1 aliphatic rings. The lowest BCUT2D eigenvalue weighted by molar-refractivity contribution is -0.120. The van der Waals surface area contributed by atoms with E-state index in [9.17, 15) is 14.7 Å². The Hall–Kier alpha value is -4.74. The molecule has 1 N–H and O–H groups in total. The lowest BCUT2D eigenvalue weighted by Gasteiger charge is -2.26. The third-order valence-electron chi connectivity index (χ3n) is 6.23. The van der Waals surface area contributed by atoms with E-state index in [4.69, 9.17) is 9.47 Å². The number of methoxy groups -OCH3 is 1. The average molecular weight is 489 g/mol. The topological polar surface area (TPSA) is 72.8 Å². The molecule has 4 aromatic carbocycles. The van der Waals surface area contributed by atoms with Crippen molar-refractivity contribution in [2.45, 2.75) is 5.79 Å². The Morgan fingerprint density at radius 3 is 1.92 bits per heavy atom. The van der Waals surface area contributed by atoms with Crippen LogP contribution in [-0.2, 0) is 10.5 Å². The van der Waals surface area contributed by atoms with Gasteiger partial charge in [-0.2, -0.15) is 0 Å². The second kappa shape index (κ2) is 10.1. The molecule has 5 heteroatoms. The summed E-state index contributed by atoms with van der Waals surface area (Å²) in [7, 11) is 1.55. The van der Waals surface area contributed by atoms with Crippen LogP contribution < -0.4 is 4.74 Å². The summed E-state index contributed by atoms with van der Waals surface area (Å²) in [5, 5.41) is 12.0. The number of allylic oxidation sites excluding steroid dienone is 1. The summed E-state index contributed by atoms with van der Waals surface area (Å²) < 4.78 is 11.4. The third-order valence-corrected chi connectivity index (χ3v) is 6.23. The van der Waals surface area contributed by atoms with Crippen LogP contribution in [-0.4, -0.2) is 23.8 Å². The van der Waals surface area contributed by atoms with E-state index in [1.165, 1.54) is 6.08 Å². The summed E-state index contributed by atoms with van der Waals surface area (Å²) in [5.41, 5.74) is 2.00. The van der Waals surface area contributed by atoms with Crippen molar-refractivity contribution in [3.8, 4) is 5.75 Å². The van der Waals surface area contributed by atoms with E-state index in [0.717, 1.165) is 0 Å². The van der Waals surface area contributed by atoms with Gasteiger partial charge in [-0.15, -0.1) is 0 Å². The van der Waals surface area contributed by atoms with Crippen molar-refractivity contribution in [1.29, 1.82) is 0 Å². The average Bonchev–Trinajstić information content (AvgIpc) is 3.27. The highest BCUT2D eigenvalue weighted by atomic mass is 16.6. The fraction of sp³-hybridized carbons (Fsp3) is 0.0625. The van der Waals surface area contributed by atoms with Gasteiger partial charge in [-0.05, 0) is 30.3 Å². The Balaban J connectivity index is 1.74. The van der Waals surface area contributed by atoms with Gasteiger partial charge in [0.05, 0.1) is 12.7 Å². The Bertz CT molecular complexity index is 1490. The second-order valence-electron chi connectivity index (χ2n) is 8.53. The van der Waals surface area contributed by atoms with E-state index >= 15 is 0 Å². The van der Waals surface area contributed by atoms with E-state index in [-0.39, 0.29) is 28.5 Å². The molecule has 0 aliphatic carbocycles. The van der Waals surface area contributed by atoms with Gasteiger partial charge >= 0.3 is 0 Å². The predicted molar refractivity (Wildman–Crippen MR) is 141 cm³/mol. The standard InChI is InChI=1S/C32H24O5/c1-36-26-19-17-22(18-20-26)28(33)21-27-29(30(34)23-11-5-2-6-12-23)31(24-13-7-3-8-14-24)37-32(27,35)25-15-9-4-10-16-25/h2-21,35H,1H3/b27-21+. The van der Waals surface area contributed by atoms with Crippen LogP contribution in [0.4, 0.5) is 0 Å². The van der Waals surface area contributed by atoms with Gasteiger partial charge in [0.25, 0.3) is 5.79 Å². The van der Waals surface area contributed by atoms with Gasteiger partial charge in [0.15, 0.2) is 11.6 Å². The molecular formula is C32H24O5. The molecule has 0 fully saturated rings. The van der Waals surface area contributed by atoms with E-state index in [1.807, 2.05) is 30.3 Å². The maximum Gasteiger partial charge on any atom is 0.262 e. The number of hydrogen-bond donors (Lipinski definition) is 1. The minimum atomic E-state index is -2.06. The zero-order chi connectivity index (χ0) is 25.8. The molecule has 0 bridgehead atoms. The van der Waals surface area contributed by atoms with Crippen molar-refractivity contribution in [2.75, 3.05) is 7.11 Å². The number of rotatable bonds is 7. The van der Waals surface area contributed by atoms with E-state index in [0.29, 0.717) is 28.0 Å². The summed E-state index contributed by atoms with van der Waals surface area (Å²) in [6.07, 6.45) is 1.29. The smallest absolute Gasteiger partial charge is 0.262 e. The molecule has 0 saturated carbocycles. The fourth-order valence-electron chi connectivity index (χ4n) is 4.32. The second-order valence-corrected chi connectivity index (χ2v) is 8.53. The largest absolute Gasteiger partial charge is 0.497 e. The Morgan fingerprint density at radius 1 is 0.757 bits per heavy atom. The first kappa shape index (κ1) is 24.0. The fourth-order valence-corrected chi connectivity index (χ4v) is 4.32. The summed E-state index contributed by atoms with van der Waals surface area (Å²) in [4.78, 5) is 27.4.